The van der Waals surface area contributed by atoms with Crippen LogP contribution in [-0.2, 0) is 0 Å². The van der Waals surface area contributed by atoms with Crippen LogP contribution in [0.4, 0.5) is 5.69 Å². The van der Waals surface area contributed by atoms with Crippen LogP contribution in [0.25, 0.3) is 0 Å². The third kappa shape index (κ3) is 2.78. The van der Waals surface area contributed by atoms with Gasteiger partial charge in [-0.2, -0.15) is 0 Å². The van der Waals surface area contributed by atoms with E-state index in [0.29, 0.717) is 5.92 Å². The summed E-state index contributed by atoms with van der Waals surface area (Å²) in [5.41, 5.74) is 2.57. The summed E-state index contributed by atoms with van der Waals surface area (Å²) in [4.78, 5) is 4.79. The number of likely N-dealkylation sites (N-methyl/N-ethyl adjacent to an activating group) is 1. The molecule has 1 fully saturated rings. The molecule has 1 aliphatic heterocycles. The SMILES string of the molecule is COc1cc(C(C)C)ccc1N1CCN(C)CC1. The third-order valence-corrected chi connectivity index (χ3v) is 3.71. The van der Waals surface area contributed by atoms with Gasteiger partial charge in [-0.1, -0.05) is 19.9 Å². The van der Waals surface area contributed by atoms with Gasteiger partial charge in [0.25, 0.3) is 0 Å². The summed E-state index contributed by atoms with van der Waals surface area (Å²) >= 11 is 0. The van der Waals surface area contributed by atoms with Crippen molar-refractivity contribution in [1.29, 1.82) is 0 Å². The van der Waals surface area contributed by atoms with Gasteiger partial charge >= 0.3 is 0 Å². The van der Waals surface area contributed by atoms with Gasteiger partial charge in [0.05, 0.1) is 12.8 Å². The Labute approximate surface area is 110 Å². The van der Waals surface area contributed by atoms with Crippen LogP contribution in [0.5, 0.6) is 5.75 Å². The Hall–Kier alpha value is -1.22. The molecule has 18 heavy (non-hydrogen) atoms. The second kappa shape index (κ2) is 5.61. The van der Waals surface area contributed by atoms with Crippen LogP contribution in [0, 0.1) is 0 Å². The molecule has 0 spiro atoms. The van der Waals surface area contributed by atoms with Gasteiger partial charge in [-0.05, 0) is 30.7 Å². The van der Waals surface area contributed by atoms with E-state index in [1.807, 2.05) is 0 Å². The molecule has 3 heteroatoms. The number of nitrogens with zero attached hydrogens (tertiary/aromatic N) is 2. The summed E-state index contributed by atoms with van der Waals surface area (Å²) in [6, 6.07) is 6.61. The first kappa shape index (κ1) is 13.2. The van der Waals surface area contributed by atoms with Crippen molar-refractivity contribution in [3.05, 3.63) is 23.8 Å². The Kier molecular flexibility index (Phi) is 4.12. The zero-order valence-corrected chi connectivity index (χ0v) is 11.9. The molecule has 1 aliphatic rings. The minimum atomic E-state index is 0.542. The molecule has 0 atom stereocenters. The van der Waals surface area contributed by atoms with Gasteiger partial charge in [0.15, 0.2) is 0 Å². The van der Waals surface area contributed by atoms with E-state index in [-0.39, 0.29) is 0 Å². The van der Waals surface area contributed by atoms with Crippen molar-refractivity contribution in [2.24, 2.45) is 0 Å². The first-order valence-electron chi connectivity index (χ1n) is 6.73. The highest BCUT2D eigenvalue weighted by Gasteiger charge is 2.18. The lowest BCUT2D eigenvalue weighted by atomic mass is 10.0. The molecule has 0 bridgehead atoms. The fraction of sp³-hybridized carbons (Fsp3) is 0.600. The smallest absolute Gasteiger partial charge is 0.142 e. The van der Waals surface area contributed by atoms with Crippen LogP contribution >= 0.6 is 0 Å². The van der Waals surface area contributed by atoms with E-state index >= 15 is 0 Å². The van der Waals surface area contributed by atoms with Crippen molar-refractivity contribution in [2.75, 3.05) is 45.2 Å². The molecule has 100 valence electrons. The number of hydrogen-bond acceptors (Lipinski definition) is 3. The van der Waals surface area contributed by atoms with Gasteiger partial charge < -0.3 is 14.5 Å². The van der Waals surface area contributed by atoms with Crippen molar-refractivity contribution in [1.82, 2.24) is 4.90 Å². The van der Waals surface area contributed by atoms with Crippen LogP contribution in [0.15, 0.2) is 18.2 Å². The first-order chi connectivity index (χ1) is 8.61. The molecule has 0 unspecified atom stereocenters. The number of hydrogen-bond donors (Lipinski definition) is 0. The zero-order chi connectivity index (χ0) is 13.1. The molecule has 0 N–H and O–H groups in total. The molecular weight excluding hydrogens is 224 g/mol. The number of rotatable bonds is 3. The molecule has 1 heterocycles. The Morgan fingerprint density at radius 2 is 1.78 bits per heavy atom. The van der Waals surface area contributed by atoms with Crippen molar-refractivity contribution in [2.45, 2.75) is 19.8 Å². The van der Waals surface area contributed by atoms with Crippen LogP contribution in [-0.4, -0.2) is 45.2 Å². The molecule has 1 saturated heterocycles. The van der Waals surface area contributed by atoms with E-state index < -0.39 is 0 Å². The maximum Gasteiger partial charge on any atom is 0.142 e. The first-order valence-corrected chi connectivity index (χ1v) is 6.73. The van der Waals surface area contributed by atoms with Gasteiger partial charge in [-0.3, -0.25) is 0 Å². The summed E-state index contributed by atoms with van der Waals surface area (Å²) in [7, 11) is 3.94. The van der Waals surface area contributed by atoms with Crippen molar-refractivity contribution >= 4 is 5.69 Å². The molecule has 1 aromatic rings. The molecule has 0 aromatic heterocycles. The van der Waals surface area contributed by atoms with E-state index in [2.05, 4.69) is 48.9 Å². The lowest BCUT2D eigenvalue weighted by Gasteiger charge is -2.34. The van der Waals surface area contributed by atoms with Crippen LogP contribution in [0.1, 0.15) is 25.3 Å². The summed E-state index contributed by atoms with van der Waals surface area (Å²) < 4.78 is 5.56. The van der Waals surface area contributed by atoms with Gasteiger partial charge in [-0.25, -0.2) is 0 Å². The molecule has 1 aromatic carbocycles. The largest absolute Gasteiger partial charge is 0.495 e. The second-order valence-electron chi connectivity index (χ2n) is 5.38. The summed E-state index contributed by atoms with van der Waals surface area (Å²) in [6.07, 6.45) is 0. The number of ether oxygens (including phenoxy) is 1. The van der Waals surface area contributed by atoms with E-state index in [4.69, 9.17) is 4.74 Å². The zero-order valence-electron chi connectivity index (χ0n) is 11.9. The van der Waals surface area contributed by atoms with Crippen LogP contribution in [0.2, 0.25) is 0 Å². The maximum absolute atomic E-state index is 5.56. The molecule has 0 saturated carbocycles. The van der Waals surface area contributed by atoms with Crippen molar-refractivity contribution < 1.29 is 4.74 Å². The molecule has 2 rings (SSSR count). The van der Waals surface area contributed by atoms with Crippen LogP contribution < -0.4 is 9.64 Å². The Morgan fingerprint density at radius 3 is 2.33 bits per heavy atom. The molecular formula is C15H24N2O. The molecule has 3 nitrogen and oxygen atoms in total. The van der Waals surface area contributed by atoms with Crippen molar-refractivity contribution in [3.63, 3.8) is 0 Å². The summed E-state index contributed by atoms with van der Waals surface area (Å²) in [5, 5.41) is 0. The number of anilines is 1. The fourth-order valence-electron chi connectivity index (χ4n) is 2.36. The lowest BCUT2D eigenvalue weighted by molar-refractivity contribution is 0.311. The molecule has 0 aliphatic carbocycles. The van der Waals surface area contributed by atoms with E-state index in [1.165, 1.54) is 11.3 Å². The predicted molar refractivity (Wildman–Crippen MR) is 76.8 cm³/mol. The Balaban J connectivity index is 2.22. The van der Waals surface area contributed by atoms with Crippen molar-refractivity contribution in [3.8, 4) is 5.75 Å². The fourth-order valence-corrected chi connectivity index (χ4v) is 2.36. The highest BCUT2D eigenvalue weighted by atomic mass is 16.5. The average Bonchev–Trinajstić information content (AvgIpc) is 2.39. The Morgan fingerprint density at radius 1 is 1.11 bits per heavy atom. The van der Waals surface area contributed by atoms with E-state index in [1.54, 1.807) is 7.11 Å². The number of piperazine rings is 1. The minimum absolute atomic E-state index is 0.542. The third-order valence-electron chi connectivity index (χ3n) is 3.71. The highest BCUT2D eigenvalue weighted by molar-refractivity contribution is 5.60. The maximum atomic E-state index is 5.56. The molecule has 0 radical (unpaired) electrons. The standard InChI is InChI=1S/C15H24N2O/c1-12(2)13-5-6-14(15(11-13)18-4)17-9-7-16(3)8-10-17/h5-6,11-12H,7-10H2,1-4H3. The normalized spacial score (nSPS) is 17.3. The van der Waals surface area contributed by atoms with E-state index in [9.17, 15) is 0 Å². The monoisotopic (exact) mass is 248 g/mol. The minimum Gasteiger partial charge on any atom is -0.495 e. The van der Waals surface area contributed by atoms with Gasteiger partial charge in [-0.15, -0.1) is 0 Å². The van der Waals surface area contributed by atoms with Crippen LogP contribution in [0.3, 0.4) is 0 Å². The summed E-state index contributed by atoms with van der Waals surface area (Å²) in [6.45, 7) is 8.82. The second-order valence-corrected chi connectivity index (χ2v) is 5.38. The van der Waals surface area contributed by atoms with Gasteiger partial charge in [0, 0.05) is 26.2 Å². The Bertz CT molecular complexity index is 395. The highest BCUT2D eigenvalue weighted by Crippen LogP contribution is 2.32. The number of methoxy groups -OCH3 is 1. The van der Waals surface area contributed by atoms with Gasteiger partial charge in [0.2, 0.25) is 0 Å². The topological polar surface area (TPSA) is 15.7 Å². The molecule has 0 amide bonds. The average molecular weight is 248 g/mol. The predicted octanol–water partition coefficient (Wildman–Crippen LogP) is 2.57. The number of benzene rings is 1. The quantitative estimate of drug-likeness (QED) is 0.817. The van der Waals surface area contributed by atoms with E-state index in [0.717, 1.165) is 31.9 Å². The lowest BCUT2D eigenvalue weighted by Crippen LogP contribution is -2.44. The summed E-state index contributed by atoms with van der Waals surface area (Å²) in [5.74, 6) is 1.55. The van der Waals surface area contributed by atoms with Gasteiger partial charge in [0.1, 0.15) is 5.75 Å².